The Morgan fingerprint density at radius 2 is 2.23 bits per heavy atom. The summed E-state index contributed by atoms with van der Waals surface area (Å²) < 4.78 is 0.895. The summed E-state index contributed by atoms with van der Waals surface area (Å²) in [4.78, 5) is 10.4. The Morgan fingerprint density at radius 3 is 2.77 bits per heavy atom. The molecule has 0 spiro atoms. The third kappa shape index (κ3) is 2.45. The van der Waals surface area contributed by atoms with Crippen LogP contribution < -0.4 is 0 Å². The highest BCUT2D eigenvalue weighted by atomic mass is 79.9. The molecule has 1 rings (SSSR count). The van der Waals surface area contributed by atoms with Crippen LogP contribution >= 0.6 is 27.5 Å². The largest absolute Gasteiger partial charge is 0.481 e. The number of carboxylic acids is 1. The highest BCUT2D eigenvalue weighted by Crippen LogP contribution is 2.27. The number of benzene rings is 1. The zero-order chi connectivity index (χ0) is 10.0. The average molecular weight is 264 g/mol. The van der Waals surface area contributed by atoms with Crippen molar-refractivity contribution >= 4 is 33.5 Å². The van der Waals surface area contributed by atoms with E-state index < -0.39 is 5.97 Å². The molecule has 0 aliphatic heterocycles. The van der Waals surface area contributed by atoms with E-state index in [-0.39, 0.29) is 6.42 Å². The van der Waals surface area contributed by atoms with Gasteiger partial charge in [-0.05, 0) is 24.1 Å². The predicted molar refractivity (Wildman–Crippen MR) is 55.2 cm³/mol. The van der Waals surface area contributed by atoms with E-state index >= 15 is 0 Å². The fourth-order valence-electron chi connectivity index (χ4n) is 1.02. The first-order valence-corrected chi connectivity index (χ1v) is 4.84. The van der Waals surface area contributed by atoms with Crippen LogP contribution in [0.1, 0.15) is 11.1 Å². The van der Waals surface area contributed by atoms with Gasteiger partial charge in [-0.1, -0.05) is 33.6 Å². The van der Waals surface area contributed by atoms with Crippen LogP contribution in [0.15, 0.2) is 16.6 Å². The summed E-state index contributed by atoms with van der Waals surface area (Å²) in [5, 5.41) is 9.11. The first kappa shape index (κ1) is 10.5. The fraction of sp³-hybridized carbons (Fsp3) is 0.222. The second-order valence-corrected chi connectivity index (χ2v) is 3.95. The summed E-state index contributed by atoms with van der Waals surface area (Å²) in [5.74, 6) is -0.872. The third-order valence-electron chi connectivity index (χ3n) is 1.74. The van der Waals surface area contributed by atoms with Crippen molar-refractivity contribution in [2.75, 3.05) is 0 Å². The number of carbonyl (C=O) groups is 1. The maximum Gasteiger partial charge on any atom is 0.307 e. The van der Waals surface area contributed by atoms with Gasteiger partial charge in [-0.25, -0.2) is 0 Å². The van der Waals surface area contributed by atoms with E-state index in [4.69, 9.17) is 16.7 Å². The van der Waals surface area contributed by atoms with Crippen molar-refractivity contribution in [3.05, 3.63) is 32.8 Å². The molecule has 0 radical (unpaired) electrons. The smallest absolute Gasteiger partial charge is 0.307 e. The lowest BCUT2D eigenvalue weighted by atomic mass is 10.1. The highest BCUT2D eigenvalue weighted by molar-refractivity contribution is 9.10. The number of aliphatic carboxylic acids is 1. The summed E-state index contributed by atoms with van der Waals surface area (Å²) >= 11 is 9.26. The second-order valence-electron chi connectivity index (χ2n) is 2.72. The Morgan fingerprint density at radius 1 is 1.62 bits per heavy atom. The monoisotopic (exact) mass is 262 g/mol. The molecule has 0 atom stereocenters. The van der Waals surface area contributed by atoms with Gasteiger partial charge < -0.3 is 5.11 Å². The molecule has 0 aliphatic carbocycles. The number of rotatable bonds is 2. The van der Waals surface area contributed by atoms with Crippen LogP contribution in [0.5, 0.6) is 0 Å². The highest BCUT2D eigenvalue weighted by Gasteiger charge is 2.09. The summed E-state index contributed by atoms with van der Waals surface area (Å²) in [7, 11) is 0. The minimum atomic E-state index is -0.872. The number of hydrogen-bond donors (Lipinski definition) is 1. The topological polar surface area (TPSA) is 37.3 Å². The van der Waals surface area contributed by atoms with E-state index in [9.17, 15) is 4.79 Å². The average Bonchev–Trinajstić information content (AvgIpc) is 2.06. The Hall–Kier alpha value is -0.540. The van der Waals surface area contributed by atoms with Crippen molar-refractivity contribution in [3.8, 4) is 0 Å². The fourth-order valence-corrected chi connectivity index (χ4v) is 1.69. The number of halogens is 2. The van der Waals surface area contributed by atoms with Gasteiger partial charge in [-0.15, -0.1) is 0 Å². The maximum absolute atomic E-state index is 10.4. The summed E-state index contributed by atoms with van der Waals surface area (Å²) in [5.41, 5.74) is 1.52. The van der Waals surface area contributed by atoms with Gasteiger partial charge in [0.1, 0.15) is 0 Å². The number of carboxylic acid groups (broad SMARTS) is 1. The van der Waals surface area contributed by atoms with Gasteiger partial charge in [0, 0.05) is 9.50 Å². The van der Waals surface area contributed by atoms with Gasteiger partial charge >= 0.3 is 5.97 Å². The molecule has 0 saturated carbocycles. The minimum Gasteiger partial charge on any atom is -0.481 e. The summed E-state index contributed by atoms with van der Waals surface area (Å²) in [6, 6.07) is 3.52. The Balaban J connectivity index is 3.10. The molecule has 0 saturated heterocycles. The molecule has 1 N–H and O–H groups in total. The van der Waals surface area contributed by atoms with Gasteiger partial charge in [-0.3, -0.25) is 4.79 Å². The van der Waals surface area contributed by atoms with Gasteiger partial charge in [0.2, 0.25) is 0 Å². The summed E-state index contributed by atoms with van der Waals surface area (Å²) in [6.45, 7) is 1.85. The van der Waals surface area contributed by atoms with E-state index in [0.29, 0.717) is 10.6 Å². The molecule has 0 aliphatic rings. The zero-order valence-electron chi connectivity index (χ0n) is 6.97. The molecular weight excluding hydrogens is 255 g/mol. The molecule has 1 aromatic rings. The van der Waals surface area contributed by atoms with Crippen molar-refractivity contribution < 1.29 is 9.90 Å². The second kappa shape index (κ2) is 4.11. The molecule has 0 unspecified atom stereocenters. The molecule has 4 heteroatoms. The van der Waals surface area contributed by atoms with E-state index in [0.717, 1.165) is 10.0 Å². The molecule has 0 fully saturated rings. The van der Waals surface area contributed by atoms with E-state index in [1.807, 2.05) is 6.92 Å². The van der Waals surface area contributed by atoms with Crippen LogP contribution in [-0.4, -0.2) is 11.1 Å². The maximum atomic E-state index is 10.4. The lowest BCUT2D eigenvalue weighted by Gasteiger charge is -2.05. The molecular formula is C9H8BrClO2. The van der Waals surface area contributed by atoms with Gasteiger partial charge in [0.15, 0.2) is 0 Å². The minimum absolute atomic E-state index is 0.0348. The Kier molecular flexibility index (Phi) is 3.33. The molecule has 0 bridgehead atoms. The van der Waals surface area contributed by atoms with Crippen LogP contribution in [0.25, 0.3) is 0 Å². The van der Waals surface area contributed by atoms with Crippen molar-refractivity contribution in [2.45, 2.75) is 13.3 Å². The molecule has 70 valence electrons. The van der Waals surface area contributed by atoms with Crippen molar-refractivity contribution in [1.82, 2.24) is 0 Å². The Bertz CT molecular complexity index is 350. The standard InChI is InChI=1S/C9H8BrClO2/c1-5-7(10)3-2-6(9(5)11)4-8(12)13/h2-3H,4H2,1H3,(H,12,13). The van der Waals surface area contributed by atoms with Crippen molar-refractivity contribution in [2.24, 2.45) is 0 Å². The lowest BCUT2D eigenvalue weighted by Crippen LogP contribution is -2.01. The molecule has 1 aromatic carbocycles. The van der Waals surface area contributed by atoms with Crippen molar-refractivity contribution in [1.29, 1.82) is 0 Å². The normalized spacial score (nSPS) is 10.1. The van der Waals surface area contributed by atoms with Gasteiger partial charge in [-0.2, -0.15) is 0 Å². The molecule has 0 aromatic heterocycles. The van der Waals surface area contributed by atoms with E-state index in [1.54, 1.807) is 12.1 Å². The quantitative estimate of drug-likeness (QED) is 0.890. The molecule has 2 nitrogen and oxygen atoms in total. The van der Waals surface area contributed by atoms with Crippen LogP contribution in [0.4, 0.5) is 0 Å². The molecule has 0 amide bonds. The van der Waals surface area contributed by atoms with E-state index in [1.165, 1.54) is 0 Å². The number of hydrogen-bond acceptors (Lipinski definition) is 1. The first-order chi connectivity index (χ1) is 6.02. The van der Waals surface area contributed by atoms with Crippen LogP contribution in [0.3, 0.4) is 0 Å². The third-order valence-corrected chi connectivity index (χ3v) is 3.13. The van der Waals surface area contributed by atoms with Gasteiger partial charge in [0.25, 0.3) is 0 Å². The zero-order valence-corrected chi connectivity index (χ0v) is 9.32. The van der Waals surface area contributed by atoms with Gasteiger partial charge in [0.05, 0.1) is 6.42 Å². The van der Waals surface area contributed by atoms with Crippen molar-refractivity contribution in [3.63, 3.8) is 0 Å². The molecule has 0 heterocycles. The Labute approximate surface area is 89.7 Å². The molecule has 13 heavy (non-hydrogen) atoms. The van der Waals surface area contributed by atoms with Crippen LogP contribution in [0.2, 0.25) is 5.02 Å². The summed E-state index contributed by atoms with van der Waals surface area (Å²) in [6.07, 6.45) is -0.0348. The predicted octanol–water partition coefficient (Wildman–Crippen LogP) is 3.04. The van der Waals surface area contributed by atoms with E-state index in [2.05, 4.69) is 15.9 Å². The SMILES string of the molecule is Cc1c(Br)ccc(CC(=O)O)c1Cl. The van der Waals surface area contributed by atoms with Crippen LogP contribution in [0, 0.1) is 6.92 Å². The first-order valence-electron chi connectivity index (χ1n) is 3.67. The lowest BCUT2D eigenvalue weighted by molar-refractivity contribution is -0.136. The van der Waals surface area contributed by atoms with Crippen LogP contribution in [-0.2, 0) is 11.2 Å².